The molecule has 3 rings (SSSR count). The van der Waals surface area contributed by atoms with E-state index in [1.807, 2.05) is 35.7 Å². The van der Waals surface area contributed by atoms with Crippen molar-refractivity contribution in [3.63, 3.8) is 0 Å². The van der Waals surface area contributed by atoms with Crippen LogP contribution in [0.5, 0.6) is 0 Å². The molecule has 0 aliphatic carbocycles. The van der Waals surface area contributed by atoms with Crippen LogP contribution >= 0.6 is 27.3 Å². The van der Waals surface area contributed by atoms with Crippen LogP contribution in [0, 0.1) is 0 Å². The van der Waals surface area contributed by atoms with E-state index in [9.17, 15) is 9.59 Å². The van der Waals surface area contributed by atoms with Gasteiger partial charge < -0.3 is 5.32 Å². The van der Waals surface area contributed by atoms with Crippen LogP contribution in [0.2, 0.25) is 0 Å². The molecule has 1 N–H and O–H groups in total. The molecule has 1 aromatic carbocycles. The summed E-state index contributed by atoms with van der Waals surface area (Å²) in [6, 6.07) is 9.47. The summed E-state index contributed by atoms with van der Waals surface area (Å²) in [5.74, 6) is -0.198. The Labute approximate surface area is 150 Å². The monoisotopic (exact) mass is 403 g/mol. The van der Waals surface area contributed by atoms with E-state index < -0.39 is 0 Å². The molecule has 24 heavy (non-hydrogen) atoms. The number of aromatic nitrogens is 2. The Balaban J connectivity index is 1.55. The van der Waals surface area contributed by atoms with Crippen LogP contribution in [-0.4, -0.2) is 22.0 Å². The average molecular weight is 404 g/mol. The van der Waals surface area contributed by atoms with Crippen LogP contribution in [0.15, 0.2) is 57.4 Å². The molecule has 2 aromatic heterocycles. The van der Waals surface area contributed by atoms with Gasteiger partial charge in [0.15, 0.2) is 0 Å². The molecule has 3 aromatic rings. The molecule has 2 heterocycles. The number of thiophene rings is 1. The Kier molecular flexibility index (Phi) is 5.22. The van der Waals surface area contributed by atoms with Gasteiger partial charge in [0.2, 0.25) is 5.91 Å². The number of benzene rings is 1. The van der Waals surface area contributed by atoms with Gasteiger partial charge in [-0.3, -0.25) is 14.2 Å². The van der Waals surface area contributed by atoms with Crippen molar-refractivity contribution in [2.75, 3.05) is 6.54 Å². The molecular weight excluding hydrogens is 390 g/mol. The summed E-state index contributed by atoms with van der Waals surface area (Å²) >= 11 is 4.74. The number of carbonyl (C=O) groups excluding carboxylic acids is 1. The molecule has 0 atom stereocenters. The third-order valence-corrected chi connectivity index (χ3v) is 4.81. The maximum atomic E-state index is 12.2. The summed E-state index contributed by atoms with van der Waals surface area (Å²) in [7, 11) is 0. The Morgan fingerprint density at radius 1 is 1.29 bits per heavy atom. The van der Waals surface area contributed by atoms with Crippen molar-refractivity contribution in [2.45, 2.75) is 6.54 Å². The van der Waals surface area contributed by atoms with Gasteiger partial charge in [0.1, 0.15) is 4.70 Å². The largest absolute Gasteiger partial charge is 0.351 e. The Hall–Kier alpha value is -2.25. The van der Waals surface area contributed by atoms with E-state index in [-0.39, 0.29) is 11.5 Å². The van der Waals surface area contributed by atoms with Crippen LogP contribution in [0.25, 0.3) is 16.3 Å². The van der Waals surface area contributed by atoms with E-state index in [1.54, 1.807) is 6.08 Å². The van der Waals surface area contributed by atoms with Crippen molar-refractivity contribution < 1.29 is 4.79 Å². The molecular formula is C17H14BrN3O2S. The Morgan fingerprint density at radius 2 is 2.08 bits per heavy atom. The van der Waals surface area contributed by atoms with Crippen molar-refractivity contribution in [1.29, 1.82) is 0 Å². The molecule has 5 nitrogen and oxygen atoms in total. The van der Waals surface area contributed by atoms with Gasteiger partial charge in [-0.2, -0.15) is 0 Å². The van der Waals surface area contributed by atoms with E-state index in [0.29, 0.717) is 23.3 Å². The Bertz CT molecular complexity index is 944. The predicted molar refractivity (Wildman–Crippen MR) is 100 cm³/mol. The number of amides is 1. The molecule has 1 amide bonds. The second-order valence-corrected chi connectivity index (χ2v) is 6.89. The van der Waals surface area contributed by atoms with Gasteiger partial charge in [-0.1, -0.05) is 28.1 Å². The summed E-state index contributed by atoms with van der Waals surface area (Å²) < 4.78 is 3.14. The lowest BCUT2D eigenvalue weighted by Crippen LogP contribution is -2.29. The topological polar surface area (TPSA) is 64.0 Å². The fourth-order valence-electron chi connectivity index (χ4n) is 2.14. The third kappa shape index (κ3) is 3.98. The number of hydrogen-bond acceptors (Lipinski definition) is 4. The molecule has 0 aliphatic rings. The van der Waals surface area contributed by atoms with E-state index in [4.69, 9.17) is 0 Å². The lowest BCUT2D eigenvalue weighted by atomic mass is 10.2. The summed E-state index contributed by atoms with van der Waals surface area (Å²) in [5, 5.41) is 4.61. The lowest BCUT2D eigenvalue weighted by Gasteiger charge is -2.05. The first-order valence-electron chi connectivity index (χ1n) is 7.27. The second kappa shape index (κ2) is 7.55. The number of fused-ring (bicyclic) bond motifs is 1. The second-order valence-electron chi connectivity index (χ2n) is 5.05. The maximum absolute atomic E-state index is 12.2. The zero-order chi connectivity index (χ0) is 16.9. The molecule has 0 unspecified atom stereocenters. The molecule has 0 bridgehead atoms. The van der Waals surface area contributed by atoms with Crippen LogP contribution in [-0.2, 0) is 11.3 Å². The summed E-state index contributed by atoms with van der Waals surface area (Å²) in [4.78, 5) is 28.3. The fraction of sp³-hybridized carbons (Fsp3) is 0.118. The average Bonchev–Trinajstić information content (AvgIpc) is 3.06. The molecule has 122 valence electrons. The first-order valence-corrected chi connectivity index (χ1v) is 8.95. The van der Waals surface area contributed by atoms with Gasteiger partial charge in [0, 0.05) is 23.6 Å². The van der Waals surface area contributed by atoms with Crippen LogP contribution in [0.3, 0.4) is 0 Å². The molecule has 0 aliphatic heterocycles. The Morgan fingerprint density at radius 3 is 2.88 bits per heavy atom. The SMILES string of the molecule is O=C(C=Cc1ccc(Br)cc1)NCCn1cnc2ccsc2c1=O. The highest BCUT2D eigenvalue weighted by Crippen LogP contribution is 2.13. The van der Waals surface area contributed by atoms with Gasteiger partial charge in [-0.05, 0) is 35.2 Å². The highest BCUT2D eigenvalue weighted by atomic mass is 79.9. The van der Waals surface area contributed by atoms with E-state index in [0.717, 1.165) is 10.0 Å². The zero-order valence-corrected chi connectivity index (χ0v) is 15.0. The van der Waals surface area contributed by atoms with Gasteiger partial charge >= 0.3 is 0 Å². The first-order chi connectivity index (χ1) is 11.6. The number of halogens is 1. The van der Waals surface area contributed by atoms with Gasteiger partial charge in [0.25, 0.3) is 5.56 Å². The quantitative estimate of drug-likeness (QED) is 0.665. The lowest BCUT2D eigenvalue weighted by molar-refractivity contribution is -0.116. The fourth-order valence-corrected chi connectivity index (χ4v) is 3.20. The number of rotatable bonds is 5. The molecule has 0 saturated carbocycles. The van der Waals surface area contributed by atoms with Crippen molar-refractivity contribution in [3.05, 3.63) is 68.5 Å². The third-order valence-electron chi connectivity index (χ3n) is 3.38. The summed E-state index contributed by atoms with van der Waals surface area (Å²) in [6.45, 7) is 0.750. The number of nitrogens with one attached hydrogen (secondary N) is 1. The van der Waals surface area contributed by atoms with E-state index in [2.05, 4.69) is 26.2 Å². The van der Waals surface area contributed by atoms with Crippen molar-refractivity contribution in [2.24, 2.45) is 0 Å². The zero-order valence-electron chi connectivity index (χ0n) is 12.6. The summed E-state index contributed by atoms with van der Waals surface area (Å²) in [6.07, 6.45) is 4.74. The van der Waals surface area contributed by atoms with Crippen molar-refractivity contribution in [1.82, 2.24) is 14.9 Å². The van der Waals surface area contributed by atoms with Crippen molar-refractivity contribution >= 4 is 49.5 Å². The molecule has 0 radical (unpaired) electrons. The van der Waals surface area contributed by atoms with Crippen LogP contribution in [0.4, 0.5) is 0 Å². The number of nitrogens with zero attached hydrogens (tertiary/aromatic N) is 2. The van der Waals surface area contributed by atoms with Crippen LogP contribution < -0.4 is 10.9 Å². The van der Waals surface area contributed by atoms with Crippen LogP contribution in [0.1, 0.15) is 5.56 Å². The number of hydrogen-bond donors (Lipinski definition) is 1. The molecule has 0 fully saturated rings. The van der Waals surface area contributed by atoms with Gasteiger partial charge in [-0.15, -0.1) is 11.3 Å². The van der Waals surface area contributed by atoms with E-state index in [1.165, 1.54) is 28.3 Å². The number of carbonyl (C=O) groups is 1. The minimum atomic E-state index is -0.198. The normalized spacial score (nSPS) is 11.2. The molecule has 0 saturated heterocycles. The first kappa shape index (κ1) is 16.6. The van der Waals surface area contributed by atoms with Gasteiger partial charge in [-0.25, -0.2) is 4.98 Å². The highest BCUT2D eigenvalue weighted by Gasteiger charge is 2.05. The molecule has 0 spiro atoms. The minimum absolute atomic E-state index is 0.0744. The van der Waals surface area contributed by atoms with Crippen molar-refractivity contribution in [3.8, 4) is 0 Å². The maximum Gasteiger partial charge on any atom is 0.271 e. The van der Waals surface area contributed by atoms with Gasteiger partial charge in [0.05, 0.1) is 11.8 Å². The van der Waals surface area contributed by atoms with E-state index >= 15 is 0 Å². The summed E-state index contributed by atoms with van der Waals surface area (Å²) in [5.41, 5.74) is 1.58. The molecule has 7 heteroatoms. The minimum Gasteiger partial charge on any atom is -0.351 e. The smallest absolute Gasteiger partial charge is 0.271 e. The predicted octanol–water partition coefficient (Wildman–Crippen LogP) is 3.05. The highest BCUT2D eigenvalue weighted by molar-refractivity contribution is 9.10. The standard InChI is InChI=1S/C17H14BrN3O2S/c18-13-4-1-12(2-5-13)3-6-15(22)19-8-9-21-11-20-14-7-10-24-16(14)17(21)23/h1-7,10-11H,8-9H2,(H,19,22).